The van der Waals surface area contributed by atoms with E-state index in [1.54, 1.807) is 21.3 Å². The summed E-state index contributed by atoms with van der Waals surface area (Å²) in [5.74, 6) is -1.03. The van der Waals surface area contributed by atoms with Crippen LogP contribution in [-0.2, 0) is 38.1 Å². The predicted molar refractivity (Wildman–Crippen MR) is 225 cm³/mol. The number of imide groups is 1. The molecule has 340 valence electrons. The number of aliphatic hydroxyl groups excluding tert-OH is 1. The molecule has 9 aliphatic rings. The average Bonchev–Trinajstić information content (AvgIpc) is 3.75. The van der Waals surface area contributed by atoms with Crippen molar-refractivity contribution in [1.82, 2.24) is 14.7 Å². The van der Waals surface area contributed by atoms with Gasteiger partial charge < -0.3 is 33.7 Å². The lowest BCUT2D eigenvalue weighted by atomic mass is 9.59. The van der Waals surface area contributed by atoms with Crippen molar-refractivity contribution in [3.05, 3.63) is 11.3 Å². The summed E-state index contributed by atoms with van der Waals surface area (Å²) in [7, 11) is 5.03. The quantitative estimate of drug-likeness (QED) is 0.204. The fraction of sp³-hybridized carbons (Fsp3) is 0.875. The topological polar surface area (TPSA) is 144 Å². The van der Waals surface area contributed by atoms with Gasteiger partial charge in [0.05, 0.1) is 36.9 Å². The van der Waals surface area contributed by atoms with Crippen LogP contribution in [0, 0.1) is 40.9 Å². The minimum atomic E-state index is -1.46. The standard InChI is InChI=1S/C48H73N3O10/c1-57-24-25-60-47(56)50-36-17-11-10-16-35(36)48(46(50)55)39(44(53)49-23-22-32-26-37(58-2)38(59-3)27-33(32)28-49)41-45(54)61-42(30-14-8-5-9-15-30)40(29-12-6-4-7-13-29)51(41)43(48)31-18-20-34(52)21-19-31/h29-34,37-43,52H,4-28H2,1-3H3/t31?,32?,33?,34?,37?,38?,39-,40-,41-,42+,43+,48-/m1/s1. The molecule has 3 amide bonds. The first-order valence-electron chi connectivity index (χ1n) is 24.5. The number of rotatable bonds is 9. The number of hydrogen-bond acceptors (Lipinski definition) is 11. The molecule has 4 unspecified atom stereocenters. The molecule has 4 heterocycles. The first kappa shape index (κ1) is 43.7. The SMILES string of the molecule is COCCOC(=O)N1C(=O)[C@@]2(C3=C1CCCC3)[C@H](C1CCC(O)CC1)N1[C@H](C3CCCCC3)[C@H](C3CCCCC3)OC(=O)[C@H]1[C@@H]2C(=O)N1CCC2CC(OC)C(OC)CC2C1. The Balaban J connectivity index is 1.21. The van der Waals surface area contributed by atoms with Crippen LogP contribution in [0.3, 0.4) is 0 Å². The molecule has 0 aromatic carbocycles. The van der Waals surface area contributed by atoms with E-state index in [4.69, 9.17) is 23.7 Å². The van der Waals surface area contributed by atoms with Crippen molar-refractivity contribution in [2.24, 2.45) is 40.9 Å². The van der Waals surface area contributed by atoms with Crippen LogP contribution < -0.4 is 0 Å². The van der Waals surface area contributed by atoms with E-state index in [0.717, 1.165) is 89.0 Å². The zero-order valence-corrected chi connectivity index (χ0v) is 37.1. The van der Waals surface area contributed by atoms with Gasteiger partial charge in [-0.3, -0.25) is 19.3 Å². The molecule has 0 bridgehead atoms. The van der Waals surface area contributed by atoms with Crippen molar-refractivity contribution in [1.29, 1.82) is 0 Å². The van der Waals surface area contributed by atoms with Gasteiger partial charge in [0.2, 0.25) is 11.8 Å². The number of aliphatic hydroxyl groups is 1. The van der Waals surface area contributed by atoms with Gasteiger partial charge in [0, 0.05) is 46.2 Å². The molecule has 10 atom stereocenters. The lowest BCUT2D eigenvalue weighted by Gasteiger charge is -2.53. The van der Waals surface area contributed by atoms with Crippen molar-refractivity contribution in [3.8, 4) is 0 Å². The number of carbonyl (C=O) groups is 4. The summed E-state index contributed by atoms with van der Waals surface area (Å²) in [6, 6.07) is -1.61. The summed E-state index contributed by atoms with van der Waals surface area (Å²) < 4.78 is 29.8. The van der Waals surface area contributed by atoms with Gasteiger partial charge in [0.15, 0.2) is 0 Å². The molecular weight excluding hydrogens is 779 g/mol. The molecule has 13 nitrogen and oxygen atoms in total. The minimum Gasteiger partial charge on any atom is -0.459 e. The fourth-order valence-corrected chi connectivity index (χ4v) is 14.8. The molecular formula is C48H73N3O10. The molecule has 5 aliphatic carbocycles. The van der Waals surface area contributed by atoms with E-state index < -0.39 is 41.5 Å². The van der Waals surface area contributed by atoms with Gasteiger partial charge in [-0.05, 0) is 131 Å². The number of esters is 1. The third kappa shape index (κ3) is 7.59. The Kier molecular flexibility index (Phi) is 13.2. The molecule has 4 saturated carbocycles. The molecule has 3 saturated heterocycles. The second-order valence-electron chi connectivity index (χ2n) is 20.4. The van der Waals surface area contributed by atoms with E-state index in [2.05, 4.69) is 4.90 Å². The minimum absolute atomic E-state index is 0.00233. The highest BCUT2D eigenvalue weighted by Gasteiger charge is 2.77. The normalized spacial score (nSPS) is 40.2. The van der Waals surface area contributed by atoms with Crippen LogP contribution in [0.2, 0.25) is 0 Å². The number of allylic oxidation sites excluding steroid dienone is 1. The Hall–Kier alpha value is -2.58. The van der Waals surface area contributed by atoms with E-state index in [-0.39, 0.29) is 73.1 Å². The van der Waals surface area contributed by atoms with Gasteiger partial charge in [-0.2, -0.15) is 0 Å². The smallest absolute Gasteiger partial charge is 0.421 e. The first-order chi connectivity index (χ1) is 29.7. The monoisotopic (exact) mass is 852 g/mol. The lowest BCUT2D eigenvalue weighted by Crippen LogP contribution is -2.66. The Morgan fingerprint density at radius 1 is 0.738 bits per heavy atom. The number of carbonyl (C=O) groups excluding carboxylic acids is 4. The number of piperidine rings is 1. The van der Waals surface area contributed by atoms with Gasteiger partial charge in [-0.25, -0.2) is 9.69 Å². The number of nitrogens with zero attached hydrogens (tertiary/aromatic N) is 3. The van der Waals surface area contributed by atoms with E-state index in [0.29, 0.717) is 63.2 Å². The molecule has 9 rings (SSSR count). The third-order valence-corrected chi connectivity index (χ3v) is 17.5. The molecule has 1 spiro atoms. The number of methoxy groups -OCH3 is 3. The molecule has 0 radical (unpaired) electrons. The highest BCUT2D eigenvalue weighted by Crippen LogP contribution is 2.65. The molecule has 61 heavy (non-hydrogen) atoms. The van der Waals surface area contributed by atoms with E-state index >= 15 is 14.4 Å². The van der Waals surface area contributed by atoms with Crippen molar-refractivity contribution >= 4 is 23.9 Å². The summed E-state index contributed by atoms with van der Waals surface area (Å²) in [5, 5.41) is 11.0. The summed E-state index contributed by atoms with van der Waals surface area (Å²) in [5.41, 5.74) is 0.0800. The molecule has 4 aliphatic heterocycles. The first-order valence-corrected chi connectivity index (χ1v) is 24.5. The number of hydrogen-bond donors (Lipinski definition) is 1. The Labute approximate surface area is 362 Å². The molecule has 7 fully saturated rings. The van der Waals surface area contributed by atoms with Crippen LogP contribution in [0.1, 0.15) is 135 Å². The van der Waals surface area contributed by atoms with Crippen LogP contribution >= 0.6 is 0 Å². The van der Waals surface area contributed by atoms with Crippen molar-refractivity contribution in [3.63, 3.8) is 0 Å². The number of amides is 3. The van der Waals surface area contributed by atoms with Crippen LogP contribution in [0.5, 0.6) is 0 Å². The van der Waals surface area contributed by atoms with Crippen molar-refractivity contribution < 1.29 is 48.0 Å². The second kappa shape index (κ2) is 18.5. The molecule has 1 N–H and O–H groups in total. The zero-order valence-electron chi connectivity index (χ0n) is 37.1. The summed E-state index contributed by atoms with van der Waals surface area (Å²) in [4.78, 5) is 68.1. The highest BCUT2D eigenvalue weighted by atomic mass is 16.6. The average molecular weight is 852 g/mol. The Morgan fingerprint density at radius 2 is 1.39 bits per heavy atom. The Morgan fingerprint density at radius 3 is 2.07 bits per heavy atom. The van der Waals surface area contributed by atoms with E-state index in [1.165, 1.54) is 17.7 Å². The largest absolute Gasteiger partial charge is 0.459 e. The summed E-state index contributed by atoms with van der Waals surface area (Å²) in [6.45, 7) is 1.24. The maximum atomic E-state index is 16.3. The summed E-state index contributed by atoms with van der Waals surface area (Å²) in [6.07, 6.45) is 17.0. The number of ether oxygens (including phenoxy) is 5. The maximum Gasteiger partial charge on any atom is 0.421 e. The number of morpholine rings is 1. The van der Waals surface area contributed by atoms with Crippen LogP contribution in [-0.4, -0.2) is 134 Å². The zero-order chi connectivity index (χ0) is 42.4. The second-order valence-corrected chi connectivity index (χ2v) is 20.4. The predicted octanol–water partition coefficient (Wildman–Crippen LogP) is 6.39. The van der Waals surface area contributed by atoms with Crippen LogP contribution in [0.25, 0.3) is 0 Å². The van der Waals surface area contributed by atoms with Crippen LogP contribution in [0.4, 0.5) is 4.79 Å². The third-order valence-electron chi connectivity index (χ3n) is 17.5. The van der Waals surface area contributed by atoms with E-state index in [1.807, 2.05) is 4.90 Å². The van der Waals surface area contributed by atoms with Gasteiger partial charge >= 0.3 is 12.1 Å². The number of fused-ring (bicyclic) bond motifs is 3. The molecule has 0 aromatic rings. The number of cyclic esters (lactones) is 1. The number of likely N-dealkylation sites (tertiary alicyclic amines) is 1. The summed E-state index contributed by atoms with van der Waals surface area (Å²) >= 11 is 0. The van der Waals surface area contributed by atoms with Crippen LogP contribution in [0.15, 0.2) is 11.3 Å². The van der Waals surface area contributed by atoms with Gasteiger partial charge in [-0.15, -0.1) is 0 Å². The highest BCUT2D eigenvalue weighted by molar-refractivity contribution is 6.07. The van der Waals surface area contributed by atoms with Gasteiger partial charge in [-0.1, -0.05) is 38.5 Å². The van der Waals surface area contributed by atoms with Crippen molar-refractivity contribution in [2.75, 3.05) is 47.6 Å². The van der Waals surface area contributed by atoms with Crippen molar-refractivity contribution in [2.45, 2.75) is 177 Å². The fourth-order valence-electron chi connectivity index (χ4n) is 14.8. The van der Waals surface area contributed by atoms with Gasteiger partial charge in [0.25, 0.3) is 0 Å². The van der Waals surface area contributed by atoms with E-state index in [9.17, 15) is 9.90 Å². The molecule has 0 aromatic heterocycles. The van der Waals surface area contributed by atoms with Gasteiger partial charge in [0.1, 0.15) is 24.2 Å². The lowest BCUT2D eigenvalue weighted by molar-refractivity contribution is -0.191. The molecule has 13 heteroatoms. The Bertz CT molecular complexity index is 1650. The maximum absolute atomic E-state index is 16.3.